The van der Waals surface area contributed by atoms with Crippen molar-refractivity contribution in [1.29, 1.82) is 0 Å². The number of carbonyl (C=O) groups excluding carboxylic acids is 1. The molecule has 0 aromatic rings. The first kappa shape index (κ1) is 11.9. The molecule has 1 rings (SSSR count). The third kappa shape index (κ3) is 3.88. The highest BCUT2D eigenvalue weighted by Gasteiger charge is 2.16. The average molecular weight is 216 g/mol. The number of thioether (sulfide) groups is 1. The summed E-state index contributed by atoms with van der Waals surface area (Å²) < 4.78 is 0. The van der Waals surface area contributed by atoms with Crippen molar-refractivity contribution in [1.82, 2.24) is 10.6 Å². The van der Waals surface area contributed by atoms with Gasteiger partial charge in [-0.05, 0) is 44.2 Å². The minimum Gasteiger partial charge on any atom is -0.354 e. The maximum absolute atomic E-state index is 11.4. The summed E-state index contributed by atoms with van der Waals surface area (Å²) in [6.45, 7) is 2.73. The predicted octanol–water partition coefficient (Wildman–Crippen LogP) is 0.854. The van der Waals surface area contributed by atoms with Crippen LogP contribution in [-0.4, -0.2) is 37.0 Å². The fraction of sp³-hybridized carbons (Fsp3) is 0.900. The Morgan fingerprint density at radius 1 is 1.50 bits per heavy atom. The standard InChI is InChI=1S/C10H20N2OS/c1-8(11-2)10(13)12-7-9-3-5-14-6-4-9/h8-9,11H,3-7H2,1-2H3,(H,12,13). The number of likely N-dealkylation sites (N-methyl/N-ethyl adjacent to an activating group) is 1. The maximum atomic E-state index is 11.4. The molecule has 1 unspecified atom stereocenters. The highest BCUT2D eigenvalue weighted by Crippen LogP contribution is 2.21. The molecule has 0 bridgehead atoms. The van der Waals surface area contributed by atoms with Gasteiger partial charge in [0, 0.05) is 6.54 Å². The van der Waals surface area contributed by atoms with E-state index in [2.05, 4.69) is 10.6 Å². The monoisotopic (exact) mass is 216 g/mol. The number of rotatable bonds is 4. The van der Waals surface area contributed by atoms with Crippen LogP contribution >= 0.6 is 11.8 Å². The minimum atomic E-state index is -0.0760. The summed E-state index contributed by atoms with van der Waals surface area (Å²) in [4.78, 5) is 11.4. The van der Waals surface area contributed by atoms with Gasteiger partial charge in [0.2, 0.25) is 5.91 Å². The topological polar surface area (TPSA) is 41.1 Å². The first-order valence-electron chi connectivity index (χ1n) is 5.26. The van der Waals surface area contributed by atoms with Gasteiger partial charge in [0.05, 0.1) is 6.04 Å². The van der Waals surface area contributed by atoms with Crippen molar-refractivity contribution in [2.24, 2.45) is 5.92 Å². The molecule has 4 heteroatoms. The van der Waals surface area contributed by atoms with Crippen LogP contribution in [0.5, 0.6) is 0 Å². The van der Waals surface area contributed by atoms with Crippen LogP contribution in [-0.2, 0) is 4.79 Å². The lowest BCUT2D eigenvalue weighted by molar-refractivity contribution is -0.122. The van der Waals surface area contributed by atoms with Gasteiger partial charge < -0.3 is 10.6 Å². The Labute approximate surface area is 90.4 Å². The van der Waals surface area contributed by atoms with Crippen LogP contribution < -0.4 is 10.6 Å². The molecule has 1 aliphatic rings. The van der Waals surface area contributed by atoms with E-state index in [-0.39, 0.29) is 11.9 Å². The molecule has 1 amide bonds. The summed E-state index contributed by atoms with van der Waals surface area (Å²) in [5, 5.41) is 5.93. The molecule has 0 aromatic heterocycles. The second-order valence-corrected chi connectivity index (χ2v) is 5.04. The lowest BCUT2D eigenvalue weighted by Crippen LogP contribution is -2.42. The van der Waals surface area contributed by atoms with E-state index >= 15 is 0 Å². The summed E-state index contributed by atoms with van der Waals surface area (Å²) in [6, 6.07) is -0.0760. The van der Waals surface area contributed by atoms with Crippen LogP contribution in [0.3, 0.4) is 0 Å². The molecule has 0 aliphatic carbocycles. The largest absolute Gasteiger partial charge is 0.354 e. The molecular formula is C10H20N2OS. The maximum Gasteiger partial charge on any atom is 0.236 e. The van der Waals surface area contributed by atoms with Crippen LogP contribution in [0.2, 0.25) is 0 Å². The highest BCUT2D eigenvalue weighted by atomic mass is 32.2. The molecule has 1 saturated heterocycles. The van der Waals surface area contributed by atoms with Gasteiger partial charge in [0.15, 0.2) is 0 Å². The summed E-state index contributed by atoms with van der Waals surface area (Å²) in [7, 11) is 1.81. The van der Waals surface area contributed by atoms with Crippen LogP contribution in [0.1, 0.15) is 19.8 Å². The number of carbonyl (C=O) groups is 1. The van der Waals surface area contributed by atoms with E-state index in [1.54, 1.807) is 0 Å². The Morgan fingerprint density at radius 2 is 2.14 bits per heavy atom. The molecular weight excluding hydrogens is 196 g/mol. The molecule has 1 atom stereocenters. The molecule has 3 nitrogen and oxygen atoms in total. The Kier molecular flexibility index (Phi) is 5.33. The molecule has 82 valence electrons. The molecule has 1 aliphatic heterocycles. The molecule has 1 heterocycles. The van der Waals surface area contributed by atoms with E-state index in [0.717, 1.165) is 6.54 Å². The van der Waals surface area contributed by atoms with Gasteiger partial charge in [0.25, 0.3) is 0 Å². The van der Waals surface area contributed by atoms with Crippen LogP contribution in [0.15, 0.2) is 0 Å². The molecule has 0 spiro atoms. The van der Waals surface area contributed by atoms with Gasteiger partial charge in [-0.3, -0.25) is 4.79 Å². The number of nitrogens with one attached hydrogen (secondary N) is 2. The average Bonchev–Trinajstić information content (AvgIpc) is 2.26. The van der Waals surface area contributed by atoms with E-state index in [4.69, 9.17) is 0 Å². The SMILES string of the molecule is CNC(C)C(=O)NCC1CCSCC1. The number of hydrogen-bond acceptors (Lipinski definition) is 3. The van der Waals surface area contributed by atoms with Crippen molar-refractivity contribution >= 4 is 17.7 Å². The van der Waals surface area contributed by atoms with Gasteiger partial charge >= 0.3 is 0 Å². The normalized spacial score (nSPS) is 20.4. The van der Waals surface area contributed by atoms with Gasteiger partial charge in [-0.2, -0.15) is 11.8 Å². The van der Waals surface area contributed by atoms with Gasteiger partial charge in [-0.15, -0.1) is 0 Å². The number of hydrogen-bond donors (Lipinski definition) is 2. The van der Waals surface area contributed by atoms with Crippen LogP contribution in [0.25, 0.3) is 0 Å². The van der Waals surface area contributed by atoms with Crippen molar-refractivity contribution in [3.05, 3.63) is 0 Å². The molecule has 2 N–H and O–H groups in total. The van der Waals surface area contributed by atoms with Gasteiger partial charge in [0.1, 0.15) is 0 Å². The zero-order valence-corrected chi connectivity index (χ0v) is 9.82. The van der Waals surface area contributed by atoms with Gasteiger partial charge in [-0.1, -0.05) is 0 Å². The van der Waals surface area contributed by atoms with Crippen molar-refractivity contribution in [3.8, 4) is 0 Å². The van der Waals surface area contributed by atoms with E-state index in [0.29, 0.717) is 5.92 Å². The Morgan fingerprint density at radius 3 is 2.71 bits per heavy atom. The lowest BCUT2D eigenvalue weighted by Gasteiger charge is -2.22. The van der Waals surface area contributed by atoms with E-state index in [1.807, 2.05) is 25.7 Å². The summed E-state index contributed by atoms with van der Waals surface area (Å²) in [6.07, 6.45) is 2.50. The van der Waals surface area contributed by atoms with Crippen LogP contribution in [0.4, 0.5) is 0 Å². The first-order chi connectivity index (χ1) is 6.74. The molecule has 0 radical (unpaired) electrons. The second-order valence-electron chi connectivity index (χ2n) is 3.81. The zero-order valence-electron chi connectivity index (χ0n) is 9.01. The van der Waals surface area contributed by atoms with Crippen molar-refractivity contribution < 1.29 is 4.79 Å². The summed E-state index contributed by atoms with van der Waals surface area (Å²) in [5.41, 5.74) is 0. The number of amides is 1. The molecule has 14 heavy (non-hydrogen) atoms. The van der Waals surface area contributed by atoms with E-state index in [9.17, 15) is 4.79 Å². The Hall–Kier alpha value is -0.220. The third-order valence-electron chi connectivity index (χ3n) is 2.73. The van der Waals surface area contributed by atoms with Crippen LogP contribution in [0, 0.1) is 5.92 Å². The van der Waals surface area contributed by atoms with Crippen molar-refractivity contribution in [2.45, 2.75) is 25.8 Å². The summed E-state index contributed by atoms with van der Waals surface area (Å²) in [5.74, 6) is 3.32. The minimum absolute atomic E-state index is 0.0760. The fourth-order valence-electron chi connectivity index (χ4n) is 1.48. The Bertz CT molecular complexity index is 181. The van der Waals surface area contributed by atoms with E-state index in [1.165, 1.54) is 24.3 Å². The van der Waals surface area contributed by atoms with Crippen molar-refractivity contribution in [2.75, 3.05) is 25.1 Å². The quantitative estimate of drug-likeness (QED) is 0.732. The fourth-order valence-corrected chi connectivity index (χ4v) is 2.68. The van der Waals surface area contributed by atoms with Crippen molar-refractivity contribution in [3.63, 3.8) is 0 Å². The third-order valence-corrected chi connectivity index (χ3v) is 3.78. The summed E-state index contributed by atoms with van der Waals surface area (Å²) >= 11 is 2.02. The molecule has 1 fully saturated rings. The molecule has 0 saturated carbocycles. The molecule has 0 aromatic carbocycles. The first-order valence-corrected chi connectivity index (χ1v) is 6.42. The highest BCUT2D eigenvalue weighted by molar-refractivity contribution is 7.99. The van der Waals surface area contributed by atoms with Gasteiger partial charge in [-0.25, -0.2) is 0 Å². The lowest BCUT2D eigenvalue weighted by atomic mass is 10.0. The smallest absolute Gasteiger partial charge is 0.236 e. The van der Waals surface area contributed by atoms with E-state index < -0.39 is 0 Å². The predicted molar refractivity (Wildman–Crippen MR) is 61.6 cm³/mol. The second kappa shape index (κ2) is 6.30. The zero-order chi connectivity index (χ0) is 10.4. The Balaban J connectivity index is 2.15.